The zero-order valence-electron chi connectivity index (χ0n) is 9.36. The number of nitrogens with one attached hydrogen (secondary N) is 1. The van der Waals surface area contributed by atoms with Crippen LogP contribution in [-0.2, 0) is 16.6 Å². The predicted molar refractivity (Wildman–Crippen MR) is 73.7 cm³/mol. The number of hydrogen-bond acceptors (Lipinski definition) is 4. The van der Waals surface area contributed by atoms with Crippen molar-refractivity contribution in [2.75, 3.05) is 25.4 Å². The Hall–Kier alpha value is 0.0500. The number of halogens is 1. The van der Waals surface area contributed by atoms with Gasteiger partial charge >= 0.3 is 0 Å². The van der Waals surface area contributed by atoms with Gasteiger partial charge in [-0.15, -0.1) is 11.3 Å². The van der Waals surface area contributed by atoms with Gasteiger partial charge in [-0.25, -0.2) is 12.7 Å². The van der Waals surface area contributed by atoms with Crippen molar-refractivity contribution in [3.63, 3.8) is 0 Å². The Balaban J connectivity index is 1.72. The third-order valence-electron chi connectivity index (χ3n) is 2.72. The van der Waals surface area contributed by atoms with Crippen LogP contribution >= 0.6 is 27.3 Å². The molecule has 17 heavy (non-hydrogen) atoms. The highest BCUT2D eigenvalue weighted by atomic mass is 79.9. The second kappa shape index (κ2) is 5.79. The van der Waals surface area contributed by atoms with E-state index < -0.39 is 10.0 Å². The molecule has 0 amide bonds. The Labute approximate surface area is 114 Å². The largest absolute Gasteiger partial charge is 0.311 e. The minimum Gasteiger partial charge on any atom is -0.311 e. The van der Waals surface area contributed by atoms with Gasteiger partial charge in [0.05, 0.1) is 5.75 Å². The zero-order chi connectivity index (χ0) is 12.3. The summed E-state index contributed by atoms with van der Waals surface area (Å²) >= 11 is 5.16. The summed E-state index contributed by atoms with van der Waals surface area (Å²) in [7, 11) is -2.94. The van der Waals surface area contributed by atoms with Crippen LogP contribution in [0.2, 0.25) is 0 Å². The van der Waals surface area contributed by atoms with E-state index in [1.165, 1.54) is 4.88 Å². The van der Waals surface area contributed by atoms with Crippen LogP contribution in [0, 0.1) is 0 Å². The van der Waals surface area contributed by atoms with E-state index in [-0.39, 0.29) is 0 Å². The first kappa shape index (κ1) is 13.5. The molecule has 1 aromatic rings. The fourth-order valence-corrected chi connectivity index (χ4v) is 4.79. The molecular weight excluding hydrogens is 324 g/mol. The number of hydrogen-bond donors (Lipinski definition) is 1. The van der Waals surface area contributed by atoms with E-state index in [2.05, 4.69) is 21.2 Å². The van der Waals surface area contributed by atoms with Crippen LogP contribution in [0.4, 0.5) is 0 Å². The van der Waals surface area contributed by atoms with Crippen molar-refractivity contribution >= 4 is 37.3 Å². The smallest absolute Gasteiger partial charge is 0.214 e. The predicted octanol–water partition coefficient (Wildman–Crippen LogP) is 1.64. The van der Waals surface area contributed by atoms with Crippen molar-refractivity contribution in [3.05, 3.63) is 20.8 Å². The number of nitrogens with zero attached hydrogens (tertiary/aromatic N) is 1. The van der Waals surface area contributed by atoms with E-state index in [4.69, 9.17) is 0 Å². The number of thiophene rings is 1. The molecule has 0 aromatic carbocycles. The first-order valence-corrected chi connectivity index (χ1v) is 8.78. The fourth-order valence-electron chi connectivity index (χ4n) is 1.80. The quantitative estimate of drug-likeness (QED) is 0.830. The molecule has 1 fully saturated rings. The van der Waals surface area contributed by atoms with Crippen LogP contribution in [0.25, 0.3) is 0 Å². The highest BCUT2D eigenvalue weighted by molar-refractivity contribution is 9.10. The molecule has 0 bridgehead atoms. The molecule has 1 aromatic heterocycles. The summed E-state index contributed by atoms with van der Waals surface area (Å²) < 4.78 is 25.8. The Morgan fingerprint density at radius 3 is 2.94 bits per heavy atom. The van der Waals surface area contributed by atoms with Gasteiger partial charge < -0.3 is 5.32 Å². The summed E-state index contributed by atoms with van der Waals surface area (Å²) in [6.07, 6.45) is 0.763. The van der Waals surface area contributed by atoms with E-state index in [9.17, 15) is 8.42 Å². The monoisotopic (exact) mass is 338 g/mol. The molecule has 7 heteroatoms. The van der Waals surface area contributed by atoms with Gasteiger partial charge in [0.25, 0.3) is 0 Å². The second-order valence-corrected chi connectivity index (χ2v) is 7.88. The van der Waals surface area contributed by atoms with Crippen LogP contribution in [0.1, 0.15) is 11.3 Å². The minimum atomic E-state index is -2.94. The number of rotatable bonds is 5. The lowest BCUT2D eigenvalue weighted by Crippen LogP contribution is -2.33. The van der Waals surface area contributed by atoms with Gasteiger partial charge in [0.1, 0.15) is 0 Å². The summed E-state index contributed by atoms with van der Waals surface area (Å²) in [6, 6.07) is 2.02. The zero-order valence-corrected chi connectivity index (χ0v) is 12.6. The molecule has 1 N–H and O–H groups in total. The molecule has 0 aliphatic carbocycles. The van der Waals surface area contributed by atoms with Gasteiger partial charge in [-0.3, -0.25) is 0 Å². The average Bonchev–Trinajstić information content (AvgIpc) is 2.81. The maximum Gasteiger partial charge on any atom is 0.214 e. The maximum atomic E-state index is 11.5. The summed E-state index contributed by atoms with van der Waals surface area (Å²) in [5.41, 5.74) is 0. The third kappa shape index (κ3) is 3.51. The minimum absolute atomic E-state index is 0.309. The summed E-state index contributed by atoms with van der Waals surface area (Å²) in [4.78, 5) is 1.24. The summed E-state index contributed by atoms with van der Waals surface area (Å²) in [6.45, 7) is 2.73. The van der Waals surface area contributed by atoms with Gasteiger partial charge in [0, 0.05) is 35.5 Å². The lowest BCUT2D eigenvalue weighted by molar-refractivity contribution is 0.434. The lowest BCUT2D eigenvalue weighted by atomic mass is 10.4. The van der Waals surface area contributed by atoms with Crippen molar-refractivity contribution in [2.45, 2.75) is 13.0 Å². The highest BCUT2D eigenvalue weighted by Crippen LogP contribution is 2.22. The Morgan fingerprint density at radius 2 is 2.35 bits per heavy atom. The van der Waals surface area contributed by atoms with Gasteiger partial charge in [-0.05, 0) is 33.8 Å². The lowest BCUT2D eigenvalue weighted by Gasteiger charge is -2.14. The Kier molecular flexibility index (Phi) is 4.59. The van der Waals surface area contributed by atoms with Crippen molar-refractivity contribution in [3.8, 4) is 0 Å². The van der Waals surface area contributed by atoms with Crippen LogP contribution in [0.3, 0.4) is 0 Å². The van der Waals surface area contributed by atoms with E-state index in [1.807, 2.05) is 11.4 Å². The Morgan fingerprint density at radius 1 is 1.53 bits per heavy atom. The molecule has 1 aliphatic heterocycles. The van der Waals surface area contributed by atoms with Crippen molar-refractivity contribution < 1.29 is 8.42 Å². The molecule has 4 nitrogen and oxygen atoms in total. The standard InChI is InChI=1S/C10H15BrN2O2S2/c11-9-2-6-16-10(9)8-12-3-5-13-4-1-7-17(13,14)15/h2,6,12H,1,3-5,7-8H2. The average molecular weight is 339 g/mol. The van der Waals surface area contributed by atoms with Crippen molar-refractivity contribution in [1.29, 1.82) is 0 Å². The topological polar surface area (TPSA) is 49.4 Å². The molecule has 2 heterocycles. The normalized spacial score (nSPS) is 19.8. The van der Waals surface area contributed by atoms with Gasteiger partial charge in [0.2, 0.25) is 10.0 Å². The molecular formula is C10H15BrN2O2S2. The second-order valence-electron chi connectivity index (χ2n) is 3.94. The Bertz CT molecular complexity index is 472. The summed E-state index contributed by atoms with van der Waals surface area (Å²) in [5, 5.41) is 5.30. The molecule has 0 spiro atoms. The molecule has 0 radical (unpaired) electrons. The van der Waals surface area contributed by atoms with E-state index >= 15 is 0 Å². The highest BCUT2D eigenvalue weighted by Gasteiger charge is 2.27. The van der Waals surface area contributed by atoms with Crippen LogP contribution in [0.5, 0.6) is 0 Å². The fraction of sp³-hybridized carbons (Fsp3) is 0.600. The molecule has 1 aliphatic rings. The first-order valence-electron chi connectivity index (χ1n) is 5.50. The van der Waals surface area contributed by atoms with E-state index in [0.717, 1.165) is 17.4 Å². The molecule has 0 atom stereocenters. The molecule has 2 rings (SSSR count). The molecule has 1 saturated heterocycles. The van der Waals surface area contributed by atoms with Gasteiger partial charge in [-0.1, -0.05) is 0 Å². The molecule has 96 valence electrons. The van der Waals surface area contributed by atoms with Crippen LogP contribution in [0.15, 0.2) is 15.9 Å². The van der Waals surface area contributed by atoms with Crippen molar-refractivity contribution in [1.82, 2.24) is 9.62 Å². The molecule has 0 unspecified atom stereocenters. The third-order valence-corrected chi connectivity index (χ3v) is 6.60. The molecule has 0 saturated carbocycles. The SMILES string of the molecule is O=S1(=O)CCCN1CCNCc1sccc1Br. The van der Waals surface area contributed by atoms with Crippen molar-refractivity contribution in [2.24, 2.45) is 0 Å². The van der Waals surface area contributed by atoms with Gasteiger partial charge in [0.15, 0.2) is 0 Å². The number of sulfonamides is 1. The van der Waals surface area contributed by atoms with E-state index in [1.54, 1.807) is 15.6 Å². The van der Waals surface area contributed by atoms with Crippen LogP contribution in [-0.4, -0.2) is 38.1 Å². The first-order chi connectivity index (χ1) is 8.09. The van der Waals surface area contributed by atoms with Crippen LogP contribution < -0.4 is 5.32 Å². The summed E-state index contributed by atoms with van der Waals surface area (Å²) in [5.74, 6) is 0.309. The van der Waals surface area contributed by atoms with Gasteiger partial charge in [-0.2, -0.15) is 0 Å². The maximum absolute atomic E-state index is 11.5. The van der Waals surface area contributed by atoms with E-state index in [0.29, 0.717) is 25.4 Å².